The van der Waals surface area contributed by atoms with Crippen LogP contribution in [0.4, 0.5) is 0 Å². The van der Waals surface area contributed by atoms with Crippen molar-refractivity contribution in [1.82, 2.24) is 15.8 Å². The first-order valence-corrected chi connectivity index (χ1v) is 7.40. The molecule has 2 amide bonds. The number of carboxylic acids is 1. The van der Waals surface area contributed by atoms with E-state index in [1.54, 1.807) is 13.8 Å². The Hall–Kier alpha value is -2.52. The smallest absolute Gasteiger partial charge is 0.337 e. The highest BCUT2D eigenvalue weighted by molar-refractivity contribution is 5.95. The SMILES string of the molecule is CC(C)OC1(C(=O)NNC(=O)c2ccc(C(=O)O)cn2)CCOC1. The Kier molecular flexibility index (Phi) is 5.47. The predicted molar refractivity (Wildman–Crippen MR) is 81.2 cm³/mol. The molecular formula is C15H19N3O6. The van der Waals surface area contributed by atoms with Crippen LogP contribution in [-0.4, -0.2) is 52.8 Å². The number of amides is 2. The highest BCUT2D eigenvalue weighted by atomic mass is 16.6. The molecule has 1 aliphatic rings. The molecule has 1 saturated heterocycles. The standard InChI is InChI=1S/C15H19N3O6/c1-9(2)24-15(5-6-23-8-15)14(22)18-17-12(19)11-4-3-10(7-16-11)13(20)21/h3-4,7,9H,5-6,8H2,1-2H3,(H,17,19)(H,18,22)(H,20,21). The lowest BCUT2D eigenvalue weighted by molar-refractivity contribution is -0.154. The van der Waals surface area contributed by atoms with Crippen LogP contribution in [0.15, 0.2) is 18.3 Å². The van der Waals surface area contributed by atoms with E-state index < -0.39 is 23.4 Å². The van der Waals surface area contributed by atoms with Gasteiger partial charge in [-0.15, -0.1) is 0 Å². The Morgan fingerprint density at radius 3 is 2.58 bits per heavy atom. The molecule has 0 saturated carbocycles. The summed E-state index contributed by atoms with van der Waals surface area (Å²) in [4.78, 5) is 38.8. The van der Waals surface area contributed by atoms with E-state index in [0.717, 1.165) is 6.20 Å². The molecule has 1 unspecified atom stereocenters. The van der Waals surface area contributed by atoms with Gasteiger partial charge in [0.1, 0.15) is 5.69 Å². The van der Waals surface area contributed by atoms with Crippen molar-refractivity contribution in [3.8, 4) is 0 Å². The molecule has 130 valence electrons. The highest BCUT2D eigenvalue weighted by Crippen LogP contribution is 2.25. The van der Waals surface area contributed by atoms with Crippen molar-refractivity contribution in [1.29, 1.82) is 0 Å². The minimum Gasteiger partial charge on any atom is -0.478 e. The van der Waals surface area contributed by atoms with E-state index in [0.29, 0.717) is 13.0 Å². The molecule has 0 bridgehead atoms. The molecular weight excluding hydrogens is 318 g/mol. The second-order valence-corrected chi connectivity index (χ2v) is 5.61. The predicted octanol–water partition coefficient (Wildman–Crippen LogP) is 0.125. The molecule has 24 heavy (non-hydrogen) atoms. The van der Waals surface area contributed by atoms with Gasteiger partial charge in [0.15, 0.2) is 5.60 Å². The van der Waals surface area contributed by atoms with Crippen LogP contribution in [0, 0.1) is 0 Å². The number of nitrogens with one attached hydrogen (secondary N) is 2. The van der Waals surface area contributed by atoms with Gasteiger partial charge in [-0.25, -0.2) is 4.79 Å². The van der Waals surface area contributed by atoms with Crippen LogP contribution in [0.1, 0.15) is 41.1 Å². The van der Waals surface area contributed by atoms with Gasteiger partial charge in [-0.2, -0.15) is 0 Å². The molecule has 9 nitrogen and oxygen atoms in total. The Morgan fingerprint density at radius 1 is 1.33 bits per heavy atom. The molecule has 0 spiro atoms. The fourth-order valence-corrected chi connectivity index (χ4v) is 2.27. The second kappa shape index (κ2) is 7.37. The summed E-state index contributed by atoms with van der Waals surface area (Å²) in [7, 11) is 0. The number of hydrogen-bond donors (Lipinski definition) is 3. The van der Waals surface area contributed by atoms with Gasteiger partial charge in [-0.1, -0.05) is 0 Å². The lowest BCUT2D eigenvalue weighted by Gasteiger charge is -2.28. The number of rotatable bonds is 5. The molecule has 0 aromatic carbocycles. The maximum Gasteiger partial charge on any atom is 0.337 e. The first-order chi connectivity index (χ1) is 11.3. The van der Waals surface area contributed by atoms with E-state index in [4.69, 9.17) is 14.6 Å². The second-order valence-electron chi connectivity index (χ2n) is 5.61. The lowest BCUT2D eigenvalue weighted by atomic mass is 10.0. The normalized spacial score (nSPS) is 20.0. The van der Waals surface area contributed by atoms with E-state index >= 15 is 0 Å². The van der Waals surface area contributed by atoms with Crippen LogP contribution >= 0.6 is 0 Å². The van der Waals surface area contributed by atoms with Gasteiger partial charge in [0, 0.05) is 12.6 Å². The van der Waals surface area contributed by atoms with Crippen LogP contribution in [0.2, 0.25) is 0 Å². The number of carboxylic acid groups (broad SMARTS) is 1. The number of ether oxygens (including phenoxy) is 2. The summed E-state index contributed by atoms with van der Waals surface area (Å²) < 4.78 is 10.9. The average Bonchev–Trinajstić information content (AvgIpc) is 3.01. The van der Waals surface area contributed by atoms with Crippen molar-refractivity contribution in [3.63, 3.8) is 0 Å². The molecule has 2 rings (SSSR count). The molecule has 2 heterocycles. The van der Waals surface area contributed by atoms with Crippen molar-refractivity contribution >= 4 is 17.8 Å². The van der Waals surface area contributed by atoms with Crippen molar-refractivity contribution in [2.45, 2.75) is 32.0 Å². The van der Waals surface area contributed by atoms with E-state index in [-0.39, 0.29) is 24.0 Å². The van der Waals surface area contributed by atoms with Crippen molar-refractivity contribution in [2.75, 3.05) is 13.2 Å². The zero-order chi connectivity index (χ0) is 17.7. The summed E-state index contributed by atoms with van der Waals surface area (Å²) in [5, 5.41) is 8.79. The van der Waals surface area contributed by atoms with Gasteiger partial charge in [0.2, 0.25) is 0 Å². The summed E-state index contributed by atoms with van der Waals surface area (Å²) in [5.41, 5.74) is 3.34. The van der Waals surface area contributed by atoms with Crippen LogP contribution < -0.4 is 10.9 Å². The Bertz CT molecular complexity index is 623. The van der Waals surface area contributed by atoms with Crippen molar-refractivity contribution in [3.05, 3.63) is 29.6 Å². The van der Waals surface area contributed by atoms with Crippen LogP contribution in [0.25, 0.3) is 0 Å². The Labute approximate surface area is 138 Å². The topological polar surface area (TPSA) is 127 Å². The summed E-state index contributed by atoms with van der Waals surface area (Å²) >= 11 is 0. The third kappa shape index (κ3) is 4.06. The average molecular weight is 337 g/mol. The first-order valence-electron chi connectivity index (χ1n) is 7.40. The molecule has 1 atom stereocenters. The van der Waals surface area contributed by atoms with Crippen LogP contribution in [0.5, 0.6) is 0 Å². The lowest BCUT2D eigenvalue weighted by Crippen LogP contribution is -2.55. The molecule has 0 radical (unpaired) electrons. The highest BCUT2D eigenvalue weighted by Gasteiger charge is 2.44. The van der Waals surface area contributed by atoms with E-state index in [2.05, 4.69) is 15.8 Å². The van der Waals surface area contributed by atoms with Crippen molar-refractivity contribution in [2.24, 2.45) is 0 Å². The molecule has 1 fully saturated rings. The van der Waals surface area contributed by atoms with E-state index in [1.165, 1.54) is 12.1 Å². The number of pyridine rings is 1. The van der Waals surface area contributed by atoms with Gasteiger partial charge >= 0.3 is 5.97 Å². The maximum absolute atomic E-state index is 12.4. The minimum absolute atomic E-state index is 0.0261. The number of aromatic nitrogens is 1. The Balaban J connectivity index is 1.97. The van der Waals surface area contributed by atoms with E-state index in [9.17, 15) is 14.4 Å². The number of carbonyl (C=O) groups is 3. The number of nitrogens with zero attached hydrogens (tertiary/aromatic N) is 1. The first kappa shape index (κ1) is 17.8. The summed E-state index contributed by atoms with van der Waals surface area (Å²) in [6.07, 6.45) is 1.27. The van der Waals surface area contributed by atoms with Gasteiger partial charge in [-0.05, 0) is 26.0 Å². The Morgan fingerprint density at radius 2 is 2.08 bits per heavy atom. The molecule has 9 heteroatoms. The van der Waals surface area contributed by atoms with Crippen LogP contribution in [-0.2, 0) is 14.3 Å². The number of hydrazine groups is 1. The zero-order valence-corrected chi connectivity index (χ0v) is 13.4. The molecule has 0 aliphatic carbocycles. The monoisotopic (exact) mass is 337 g/mol. The number of aromatic carboxylic acids is 1. The number of hydrogen-bond acceptors (Lipinski definition) is 6. The maximum atomic E-state index is 12.4. The van der Waals surface area contributed by atoms with E-state index in [1.807, 2.05) is 0 Å². The van der Waals surface area contributed by atoms with Crippen molar-refractivity contribution < 1.29 is 29.0 Å². The minimum atomic E-state index is -1.14. The largest absolute Gasteiger partial charge is 0.478 e. The summed E-state index contributed by atoms with van der Waals surface area (Å²) in [6, 6.07) is 2.50. The third-order valence-electron chi connectivity index (χ3n) is 3.39. The molecule has 1 aromatic rings. The van der Waals surface area contributed by atoms with Crippen LogP contribution in [0.3, 0.4) is 0 Å². The summed E-state index contributed by atoms with van der Waals surface area (Å²) in [5.74, 6) is -2.32. The van der Waals surface area contributed by atoms with Gasteiger partial charge in [0.05, 0.1) is 24.9 Å². The number of carbonyl (C=O) groups excluding carboxylic acids is 2. The molecule has 1 aliphatic heterocycles. The van der Waals surface area contributed by atoms with Gasteiger partial charge in [-0.3, -0.25) is 25.4 Å². The fourth-order valence-electron chi connectivity index (χ4n) is 2.27. The zero-order valence-electron chi connectivity index (χ0n) is 13.4. The quantitative estimate of drug-likeness (QED) is 0.651. The summed E-state index contributed by atoms with van der Waals surface area (Å²) in [6.45, 7) is 4.12. The fraction of sp³-hybridized carbons (Fsp3) is 0.467. The third-order valence-corrected chi connectivity index (χ3v) is 3.39. The van der Waals surface area contributed by atoms with Gasteiger partial charge < -0.3 is 14.6 Å². The molecule has 3 N–H and O–H groups in total. The molecule has 1 aromatic heterocycles. The van der Waals surface area contributed by atoms with Gasteiger partial charge in [0.25, 0.3) is 11.8 Å².